The van der Waals surface area contributed by atoms with Gasteiger partial charge in [0.1, 0.15) is 0 Å². The van der Waals surface area contributed by atoms with Crippen molar-refractivity contribution in [3.05, 3.63) is 59.7 Å². The van der Waals surface area contributed by atoms with Crippen LogP contribution in [-0.2, 0) is 16.2 Å². The van der Waals surface area contributed by atoms with Crippen LogP contribution in [0.1, 0.15) is 42.1 Å². The Morgan fingerprint density at radius 2 is 1.70 bits per heavy atom. The molecule has 1 heterocycles. The minimum atomic E-state index is -4.66. The maximum atomic E-state index is 13.3. The van der Waals surface area contributed by atoms with Gasteiger partial charge in [-0.3, -0.25) is 4.79 Å². The lowest BCUT2D eigenvalue weighted by molar-refractivity contribution is -0.137. The lowest BCUT2D eigenvalue weighted by Crippen LogP contribution is -2.46. The van der Waals surface area contributed by atoms with Crippen LogP contribution in [0, 0.1) is 0 Å². The topological polar surface area (TPSA) is 69.7 Å². The van der Waals surface area contributed by atoms with Crippen molar-refractivity contribution in [2.24, 2.45) is 0 Å². The van der Waals surface area contributed by atoms with Gasteiger partial charge in [0.05, 0.1) is 16.0 Å². The maximum absolute atomic E-state index is 13.3. The Hall–Kier alpha value is -2.43. The molecule has 33 heavy (non-hydrogen) atoms. The van der Waals surface area contributed by atoms with Crippen molar-refractivity contribution in [3.63, 3.8) is 0 Å². The fourth-order valence-corrected chi connectivity index (χ4v) is 5.75. The number of carbonyl (C=O) groups is 1. The first-order chi connectivity index (χ1) is 15.5. The average Bonchev–Trinajstić information content (AvgIpc) is 2.78. The summed E-state index contributed by atoms with van der Waals surface area (Å²) in [6, 6.07) is 9.95. The zero-order chi connectivity index (χ0) is 24.2. The number of hydrogen-bond donors (Lipinski definition) is 1. The third-order valence-electron chi connectivity index (χ3n) is 5.74. The molecule has 6 nitrogen and oxygen atoms in total. The number of likely N-dealkylation sites (tertiary alicyclic amines) is 1. The largest absolute Gasteiger partial charge is 0.417 e. The minimum absolute atomic E-state index is 0.0793. The zero-order valence-corrected chi connectivity index (χ0v) is 19.4. The number of benzene rings is 2. The van der Waals surface area contributed by atoms with Gasteiger partial charge in [0.2, 0.25) is 10.0 Å². The number of carbonyl (C=O) groups excluding carboxylic acids is 1. The Balaban J connectivity index is 1.78. The molecule has 0 aliphatic carbocycles. The van der Waals surface area contributed by atoms with Crippen molar-refractivity contribution >= 4 is 21.6 Å². The van der Waals surface area contributed by atoms with E-state index in [1.807, 2.05) is 14.0 Å². The molecule has 0 radical (unpaired) electrons. The van der Waals surface area contributed by atoms with E-state index in [9.17, 15) is 26.4 Å². The van der Waals surface area contributed by atoms with E-state index in [1.54, 1.807) is 4.31 Å². The molecule has 1 amide bonds. The standard InChI is InChI=1S/C23H28F3N3O3S/c1-3-14-29(18-12-15-28(2)16-13-18)33(31,32)19-10-8-17(9-11-19)27-22(30)20-6-4-5-7-21(20)23(24,25)26/h4-11,18H,3,12-16H2,1-2H3,(H,27,30). The van der Waals surface area contributed by atoms with Crippen LogP contribution in [0.4, 0.5) is 18.9 Å². The van der Waals surface area contributed by atoms with Crippen LogP contribution in [0.2, 0.25) is 0 Å². The van der Waals surface area contributed by atoms with Gasteiger partial charge in [0, 0.05) is 18.3 Å². The monoisotopic (exact) mass is 483 g/mol. The van der Waals surface area contributed by atoms with Crippen molar-refractivity contribution in [3.8, 4) is 0 Å². The lowest BCUT2D eigenvalue weighted by Gasteiger charge is -2.36. The summed E-state index contributed by atoms with van der Waals surface area (Å²) in [4.78, 5) is 14.7. The Kier molecular flexibility index (Phi) is 7.81. The predicted octanol–water partition coefficient (Wildman–Crippen LogP) is 4.45. The van der Waals surface area contributed by atoms with Gasteiger partial charge in [-0.2, -0.15) is 17.5 Å². The van der Waals surface area contributed by atoms with E-state index in [4.69, 9.17) is 0 Å². The Morgan fingerprint density at radius 1 is 1.09 bits per heavy atom. The van der Waals surface area contributed by atoms with Gasteiger partial charge in [-0.05, 0) is 75.8 Å². The van der Waals surface area contributed by atoms with Gasteiger partial charge >= 0.3 is 6.18 Å². The van der Waals surface area contributed by atoms with E-state index in [-0.39, 0.29) is 16.6 Å². The quantitative estimate of drug-likeness (QED) is 0.632. The number of nitrogens with zero attached hydrogens (tertiary/aromatic N) is 2. The summed E-state index contributed by atoms with van der Waals surface area (Å²) < 4.78 is 67.7. The number of amides is 1. The molecule has 10 heteroatoms. The molecular formula is C23H28F3N3O3S. The highest BCUT2D eigenvalue weighted by Gasteiger charge is 2.35. The lowest BCUT2D eigenvalue weighted by atomic mass is 10.1. The maximum Gasteiger partial charge on any atom is 0.417 e. The first-order valence-electron chi connectivity index (χ1n) is 10.8. The fraction of sp³-hybridized carbons (Fsp3) is 0.435. The molecule has 180 valence electrons. The van der Waals surface area contributed by atoms with Crippen LogP contribution in [0.5, 0.6) is 0 Å². The molecule has 0 saturated carbocycles. The third kappa shape index (κ3) is 5.93. The fourth-order valence-electron chi connectivity index (χ4n) is 3.97. The van der Waals surface area contributed by atoms with Crippen molar-refractivity contribution in [2.45, 2.75) is 43.3 Å². The molecule has 2 aromatic rings. The predicted molar refractivity (Wildman–Crippen MR) is 121 cm³/mol. The summed E-state index contributed by atoms with van der Waals surface area (Å²) in [6.07, 6.45) is -2.48. The molecular weight excluding hydrogens is 455 g/mol. The van der Waals surface area contributed by atoms with Gasteiger partial charge in [-0.15, -0.1) is 0 Å². The molecule has 0 spiro atoms. The molecule has 2 aromatic carbocycles. The Morgan fingerprint density at radius 3 is 2.27 bits per heavy atom. The second-order valence-electron chi connectivity index (χ2n) is 8.17. The van der Waals surface area contributed by atoms with Crippen LogP contribution in [-0.4, -0.2) is 56.3 Å². The summed E-state index contributed by atoms with van der Waals surface area (Å²) in [5.74, 6) is -0.919. The molecule has 1 saturated heterocycles. The average molecular weight is 484 g/mol. The summed E-state index contributed by atoms with van der Waals surface area (Å²) in [5.41, 5.74) is -1.33. The normalized spacial score (nSPS) is 16.2. The number of rotatable bonds is 7. The van der Waals surface area contributed by atoms with Crippen molar-refractivity contribution in [1.29, 1.82) is 0 Å². The number of anilines is 1. The summed E-state index contributed by atoms with van der Waals surface area (Å²) in [6.45, 7) is 3.98. The Labute approximate surface area is 192 Å². The van der Waals surface area contributed by atoms with Crippen molar-refractivity contribution in [2.75, 3.05) is 32.0 Å². The van der Waals surface area contributed by atoms with E-state index < -0.39 is 33.2 Å². The second kappa shape index (κ2) is 10.2. The number of halogens is 3. The molecule has 0 atom stereocenters. The van der Waals surface area contributed by atoms with E-state index in [2.05, 4.69) is 10.2 Å². The first kappa shape index (κ1) is 25.2. The van der Waals surface area contributed by atoms with Crippen LogP contribution in [0.3, 0.4) is 0 Å². The molecule has 1 N–H and O–H groups in total. The third-order valence-corrected chi connectivity index (χ3v) is 7.70. The molecule has 0 aromatic heterocycles. The number of piperidine rings is 1. The molecule has 0 unspecified atom stereocenters. The van der Waals surface area contributed by atoms with Crippen LogP contribution in [0.25, 0.3) is 0 Å². The van der Waals surface area contributed by atoms with Gasteiger partial charge in [0.15, 0.2) is 0 Å². The molecule has 3 rings (SSSR count). The van der Waals surface area contributed by atoms with Gasteiger partial charge in [-0.25, -0.2) is 8.42 Å². The van der Waals surface area contributed by atoms with Gasteiger partial charge < -0.3 is 10.2 Å². The van der Waals surface area contributed by atoms with E-state index in [1.165, 1.54) is 36.4 Å². The highest BCUT2D eigenvalue weighted by atomic mass is 32.2. The Bertz CT molecular complexity index is 1060. The van der Waals surface area contributed by atoms with Crippen LogP contribution >= 0.6 is 0 Å². The van der Waals surface area contributed by atoms with Crippen LogP contribution in [0.15, 0.2) is 53.4 Å². The van der Waals surface area contributed by atoms with E-state index in [0.29, 0.717) is 13.0 Å². The molecule has 1 fully saturated rings. The molecule has 0 bridgehead atoms. The summed E-state index contributed by atoms with van der Waals surface area (Å²) in [5, 5.41) is 2.42. The highest BCUT2D eigenvalue weighted by Crippen LogP contribution is 2.32. The summed E-state index contributed by atoms with van der Waals surface area (Å²) >= 11 is 0. The van der Waals surface area contributed by atoms with E-state index in [0.717, 1.165) is 38.1 Å². The number of alkyl halides is 3. The smallest absolute Gasteiger partial charge is 0.322 e. The van der Waals surface area contributed by atoms with E-state index >= 15 is 0 Å². The SMILES string of the molecule is CCCN(C1CCN(C)CC1)S(=O)(=O)c1ccc(NC(=O)c2ccccc2C(F)(F)F)cc1. The van der Waals surface area contributed by atoms with Crippen molar-refractivity contribution < 1.29 is 26.4 Å². The minimum Gasteiger partial charge on any atom is -0.322 e. The summed E-state index contributed by atoms with van der Waals surface area (Å²) in [7, 11) is -1.74. The molecule has 1 aliphatic rings. The second-order valence-corrected chi connectivity index (χ2v) is 10.1. The number of hydrogen-bond acceptors (Lipinski definition) is 4. The van der Waals surface area contributed by atoms with Gasteiger partial charge in [-0.1, -0.05) is 19.1 Å². The zero-order valence-electron chi connectivity index (χ0n) is 18.6. The highest BCUT2D eigenvalue weighted by molar-refractivity contribution is 7.89. The van der Waals surface area contributed by atoms with Gasteiger partial charge in [0.25, 0.3) is 5.91 Å². The van der Waals surface area contributed by atoms with Crippen molar-refractivity contribution in [1.82, 2.24) is 9.21 Å². The molecule has 1 aliphatic heterocycles. The van der Waals surface area contributed by atoms with Crippen LogP contribution < -0.4 is 5.32 Å². The first-order valence-corrected chi connectivity index (χ1v) is 12.3. The number of nitrogens with one attached hydrogen (secondary N) is 1. The number of sulfonamides is 1.